The molecule has 45 heavy (non-hydrogen) atoms. The molecule has 1 aliphatic heterocycles. The molecule has 2 amide bonds. The molecule has 0 radical (unpaired) electrons. The van der Waals surface area contributed by atoms with Gasteiger partial charge in [-0.1, -0.05) is 29.4 Å². The summed E-state index contributed by atoms with van der Waals surface area (Å²) in [6.45, 7) is 5.88. The van der Waals surface area contributed by atoms with E-state index < -0.39 is 46.2 Å². The van der Waals surface area contributed by atoms with E-state index in [2.05, 4.69) is 24.7 Å². The Bertz CT molecular complexity index is 1720. The van der Waals surface area contributed by atoms with E-state index in [0.29, 0.717) is 46.7 Å². The smallest absolute Gasteiger partial charge is 0.439 e. The Morgan fingerprint density at radius 2 is 1.73 bits per heavy atom. The Balaban J connectivity index is 1.61. The number of hydrogen-bond acceptors (Lipinski definition) is 9. The van der Waals surface area contributed by atoms with Gasteiger partial charge in [0.25, 0.3) is 0 Å². The molecule has 0 bridgehead atoms. The molecule has 0 aliphatic carbocycles. The molecule has 1 fully saturated rings. The fraction of sp³-hybridized carbons (Fsp3) is 0.433. The first kappa shape index (κ1) is 33.4. The van der Waals surface area contributed by atoms with Gasteiger partial charge in [0, 0.05) is 25.1 Å². The number of benzene rings is 2. The number of aryl methyl sites for hydroxylation is 1. The number of aliphatic carboxylic acids is 1. The van der Waals surface area contributed by atoms with Crippen LogP contribution in [0.25, 0.3) is 11.4 Å². The van der Waals surface area contributed by atoms with E-state index in [0.717, 1.165) is 19.3 Å². The van der Waals surface area contributed by atoms with Crippen LogP contribution in [-0.2, 0) is 30.8 Å². The standard InChI is InChI=1S/C30H37N5O9S/c1-17-14-24(43-4)18(2)19(3)26(17)45(41,42)34-22(16-25(36)37)28(38)31-23(29(39)35-12-6-5-7-13-35)15-20-8-10-21(11-9-20)27-32-30(40)44-33-27/h8-11,14,22-23,34H,5-7,12-13,15-16H2,1-4H3,(H,31,38)(H,36,37)(H,32,33,40)/t22-,23+/m0/s1. The molecule has 2 atom stereocenters. The minimum Gasteiger partial charge on any atom is -0.496 e. The van der Waals surface area contributed by atoms with Crippen LogP contribution < -0.4 is 20.5 Å². The number of methoxy groups -OCH3 is 1. The van der Waals surface area contributed by atoms with Crippen molar-refractivity contribution >= 4 is 27.8 Å². The van der Waals surface area contributed by atoms with Crippen molar-refractivity contribution in [2.75, 3.05) is 20.2 Å². The average Bonchev–Trinajstić information content (AvgIpc) is 3.44. The molecule has 1 saturated heterocycles. The normalized spacial score (nSPS) is 14.9. The van der Waals surface area contributed by atoms with Gasteiger partial charge in [-0.15, -0.1) is 0 Å². The van der Waals surface area contributed by atoms with Crippen molar-refractivity contribution in [2.45, 2.75) is 69.9 Å². The molecule has 15 heteroatoms. The third-order valence-corrected chi connectivity index (χ3v) is 9.61. The second-order valence-corrected chi connectivity index (χ2v) is 12.7. The Morgan fingerprint density at radius 3 is 2.31 bits per heavy atom. The Kier molecular flexibility index (Phi) is 10.4. The number of nitrogens with one attached hydrogen (secondary N) is 3. The van der Waals surface area contributed by atoms with Gasteiger partial charge in [0.2, 0.25) is 21.8 Å². The maximum Gasteiger partial charge on any atom is 0.439 e. The van der Waals surface area contributed by atoms with Gasteiger partial charge in [-0.05, 0) is 68.4 Å². The number of carboxylic acid groups (broad SMARTS) is 1. The summed E-state index contributed by atoms with van der Waals surface area (Å²) in [6.07, 6.45) is 1.77. The Hall–Kier alpha value is -4.50. The summed E-state index contributed by atoms with van der Waals surface area (Å²) in [5.41, 5.74) is 2.53. The van der Waals surface area contributed by atoms with Crippen LogP contribution in [-0.4, -0.2) is 78.6 Å². The second kappa shape index (κ2) is 14.1. The number of carbonyl (C=O) groups is 3. The number of carbonyl (C=O) groups excluding carboxylic acids is 2. The van der Waals surface area contributed by atoms with Crippen LogP contribution in [0.3, 0.4) is 0 Å². The second-order valence-electron chi connectivity index (χ2n) is 11.0. The van der Waals surface area contributed by atoms with Gasteiger partial charge in [0.15, 0.2) is 5.82 Å². The average molecular weight is 644 g/mol. The number of likely N-dealkylation sites (tertiary alicyclic amines) is 1. The highest BCUT2D eigenvalue weighted by molar-refractivity contribution is 7.89. The molecule has 1 aromatic heterocycles. The lowest BCUT2D eigenvalue weighted by Gasteiger charge is -2.31. The minimum atomic E-state index is -4.39. The molecule has 2 heterocycles. The Morgan fingerprint density at radius 1 is 1.07 bits per heavy atom. The molecule has 14 nitrogen and oxygen atoms in total. The van der Waals surface area contributed by atoms with Gasteiger partial charge >= 0.3 is 11.7 Å². The van der Waals surface area contributed by atoms with E-state index in [9.17, 15) is 32.7 Å². The van der Waals surface area contributed by atoms with Crippen LogP contribution in [0.2, 0.25) is 0 Å². The third-order valence-electron chi connectivity index (χ3n) is 7.85. The highest BCUT2D eigenvalue weighted by atomic mass is 32.2. The predicted octanol–water partition coefficient (Wildman–Crippen LogP) is 1.83. The lowest BCUT2D eigenvalue weighted by Crippen LogP contribution is -2.56. The van der Waals surface area contributed by atoms with E-state index in [1.54, 1.807) is 56.0 Å². The molecule has 0 spiro atoms. The van der Waals surface area contributed by atoms with Crippen molar-refractivity contribution in [3.63, 3.8) is 0 Å². The van der Waals surface area contributed by atoms with E-state index >= 15 is 0 Å². The third kappa shape index (κ3) is 7.97. The van der Waals surface area contributed by atoms with Crippen molar-refractivity contribution in [2.24, 2.45) is 0 Å². The van der Waals surface area contributed by atoms with Crippen molar-refractivity contribution in [3.05, 3.63) is 63.1 Å². The van der Waals surface area contributed by atoms with E-state index in [1.807, 2.05) is 0 Å². The number of hydrogen-bond donors (Lipinski definition) is 4. The molecule has 0 unspecified atom stereocenters. The monoisotopic (exact) mass is 643 g/mol. The van der Waals surface area contributed by atoms with Gasteiger partial charge in [0.05, 0.1) is 18.4 Å². The lowest BCUT2D eigenvalue weighted by molar-refractivity contribution is -0.140. The lowest BCUT2D eigenvalue weighted by atomic mass is 10.0. The topological polar surface area (TPSA) is 201 Å². The minimum absolute atomic E-state index is 0.0408. The van der Waals surface area contributed by atoms with Crippen LogP contribution in [0.4, 0.5) is 0 Å². The number of ether oxygens (including phenoxy) is 1. The number of H-pyrrole nitrogens is 1. The molecule has 3 aromatic rings. The zero-order chi connectivity index (χ0) is 32.9. The quantitative estimate of drug-likeness (QED) is 0.226. The first-order valence-electron chi connectivity index (χ1n) is 14.4. The largest absolute Gasteiger partial charge is 0.496 e. The maximum absolute atomic E-state index is 13.7. The number of carboxylic acids is 1. The molecule has 2 aromatic carbocycles. The molecular formula is C30H37N5O9S. The van der Waals surface area contributed by atoms with E-state index in [1.165, 1.54) is 7.11 Å². The number of aromatic nitrogens is 2. The van der Waals surface area contributed by atoms with Crippen LogP contribution in [0.5, 0.6) is 5.75 Å². The van der Waals surface area contributed by atoms with Crippen LogP contribution in [0, 0.1) is 20.8 Å². The molecule has 242 valence electrons. The predicted molar refractivity (Wildman–Crippen MR) is 162 cm³/mol. The van der Waals surface area contributed by atoms with Gasteiger partial charge < -0.3 is 20.1 Å². The summed E-state index contributed by atoms with van der Waals surface area (Å²) < 4.78 is 39.3. The fourth-order valence-electron chi connectivity index (χ4n) is 5.45. The Labute approximate surface area is 260 Å². The summed E-state index contributed by atoms with van der Waals surface area (Å²) in [4.78, 5) is 54.4. The molecular weight excluding hydrogens is 606 g/mol. The molecule has 4 N–H and O–H groups in total. The summed E-state index contributed by atoms with van der Waals surface area (Å²) in [7, 11) is -2.92. The van der Waals surface area contributed by atoms with Gasteiger partial charge in [-0.25, -0.2) is 13.2 Å². The molecule has 1 aliphatic rings. The fourth-order valence-corrected chi connectivity index (χ4v) is 7.17. The van der Waals surface area contributed by atoms with Crippen LogP contribution in [0.1, 0.15) is 47.9 Å². The van der Waals surface area contributed by atoms with Gasteiger partial charge in [0.1, 0.15) is 17.8 Å². The van der Waals surface area contributed by atoms with Crippen LogP contribution in [0.15, 0.2) is 44.5 Å². The van der Waals surface area contributed by atoms with Gasteiger partial charge in [-0.3, -0.25) is 23.9 Å². The van der Waals surface area contributed by atoms with Crippen LogP contribution >= 0.6 is 0 Å². The highest BCUT2D eigenvalue weighted by Crippen LogP contribution is 2.30. The van der Waals surface area contributed by atoms with Crippen molar-refractivity contribution in [1.29, 1.82) is 0 Å². The highest BCUT2D eigenvalue weighted by Gasteiger charge is 2.34. The summed E-state index contributed by atoms with van der Waals surface area (Å²) in [5.74, 6) is -2.70. The first-order chi connectivity index (χ1) is 21.3. The summed E-state index contributed by atoms with van der Waals surface area (Å²) >= 11 is 0. The number of rotatable bonds is 12. The van der Waals surface area contributed by atoms with Crippen molar-refractivity contribution in [1.82, 2.24) is 25.1 Å². The zero-order valence-electron chi connectivity index (χ0n) is 25.5. The SMILES string of the molecule is COc1cc(C)c(S(=O)(=O)N[C@@H](CC(=O)O)C(=O)N[C@H](Cc2ccc(-c3noc(=O)[nH]3)cc2)C(=O)N2CCCCC2)c(C)c1C. The number of amides is 2. The van der Waals surface area contributed by atoms with Crippen molar-refractivity contribution < 1.29 is 37.2 Å². The van der Waals surface area contributed by atoms with Gasteiger partial charge in [-0.2, -0.15) is 4.72 Å². The number of piperidine rings is 1. The van der Waals surface area contributed by atoms with Crippen molar-refractivity contribution in [3.8, 4) is 17.1 Å². The number of nitrogens with zero attached hydrogens (tertiary/aromatic N) is 2. The van der Waals surface area contributed by atoms with E-state index in [4.69, 9.17) is 4.74 Å². The zero-order valence-corrected chi connectivity index (χ0v) is 26.3. The number of sulfonamides is 1. The summed E-state index contributed by atoms with van der Waals surface area (Å²) in [6, 6.07) is 5.45. The van der Waals surface area contributed by atoms with E-state index in [-0.39, 0.29) is 23.0 Å². The maximum atomic E-state index is 13.7. The first-order valence-corrected chi connectivity index (χ1v) is 15.9. The number of aromatic amines is 1. The molecule has 0 saturated carbocycles. The molecule has 4 rings (SSSR count). The summed E-state index contributed by atoms with van der Waals surface area (Å²) in [5, 5.41) is 15.9.